The molecule has 4 heteroatoms. The molecule has 7 rings (SSSR count). The Bertz CT molecular complexity index is 1800. The molecule has 48 heavy (non-hydrogen) atoms. The summed E-state index contributed by atoms with van der Waals surface area (Å²) in [6.45, 7) is 14.2. The number of halogens is 2. The van der Waals surface area contributed by atoms with Crippen LogP contribution in [0.5, 0.6) is 0 Å². The molecule has 0 atom stereocenters. The fourth-order valence-corrected chi connectivity index (χ4v) is 6.74. The summed E-state index contributed by atoms with van der Waals surface area (Å²) in [7, 11) is 0. The van der Waals surface area contributed by atoms with E-state index in [0.29, 0.717) is 11.8 Å². The van der Waals surface area contributed by atoms with Crippen LogP contribution in [0.1, 0.15) is 93.4 Å². The third kappa shape index (κ3) is 10.2. The van der Waals surface area contributed by atoms with E-state index in [9.17, 15) is 0 Å². The van der Waals surface area contributed by atoms with Crippen LogP contribution in [-0.2, 0) is 23.3 Å². The van der Waals surface area contributed by atoms with Crippen LogP contribution in [0.4, 0.5) is 0 Å². The van der Waals surface area contributed by atoms with E-state index in [2.05, 4.69) is 151 Å². The molecule has 0 bridgehead atoms. The predicted octanol–water partition coefficient (Wildman–Crippen LogP) is 14.0. The number of fused-ring (bicyclic) bond motifs is 2. The van der Waals surface area contributed by atoms with Crippen LogP contribution in [-0.4, -0.2) is 6.88 Å². The first kappa shape index (κ1) is 43.8. The van der Waals surface area contributed by atoms with Gasteiger partial charge in [0.25, 0.3) is 0 Å². The van der Waals surface area contributed by atoms with Crippen molar-refractivity contribution in [3.63, 3.8) is 0 Å². The molecular weight excluding hydrogens is 719 g/mol. The summed E-state index contributed by atoms with van der Waals surface area (Å²) in [6.07, 6.45) is 5.54. The maximum atomic E-state index is 3.06. The SMILES string of the molecule is CC(C)c1ccc(-c2cccc3[cH-]c(C4CCCC4)cc23)cc1.Cc1cc2c(-c3ccc(C(C)C)cc3)cccc2[cH-]1.Cl.Cl.[CH3-].[CH3-].[Si]=[Zr]. The molecule has 1 fully saturated rings. The Balaban J connectivity index is 0.000000429. The second kappa shape index (κ2) is 20.5. The first-order valence-corrected chi connectivity index (χ1v) is 20.4. The Morgan fingerprint density at radius 3 is 1.46 bits per heavy atom. The van der Waals surface area contributed by atoms with Crippen LogP contribution in [0.2, 0.25) is 0 Å². The molecule has 0 aromatic heterocycles. The molecule has 0 heterocycles. The fourth-order valence-electron chi connectivity index (χ4n) is 6.74. The van der Waals surface area contributed by atoms with Crippen molar-refractivity contribution in [2.24, 2.45) is 0 Å². The second-order valence-corrected chi connectivity index (χ2v) is 13.0. The molecule has 1 saturated carbocycles. The minimum atomic E-state index is 0. The van der Waals surface area contributed by atoms with Gasteiger partial charge in [0.2, 0.25) is 0 Å². The maximum absolute atomic E-state index is 3.06. The first-order valence-electron chi connectivity index (χ1n) is 16.2. The van der Waals surface area contributed by atoms with Gasteiger partial charge in [-0.15, -0.1) is 93.9 Å². The molecular formula is C44H52Cl2SiZr-4. The van der Waals surface area contributed by atoms with Crippen LogP contribution in [0.15, 0.2) is 109 Å². The van der Waals surface area contributed by atoms with Crippen molar-refractivity contribution in [1.29, 1.82) is 0 Å². The van der Waals surface area contributed by atoms with Gasteiger partial charge in [0.15, 0.2) is 0 Å². The van der Waals surface area contributed by atoms with Gasteiger partial charge >= 0.3 is 30.2 Å². The quantitative estimate of drug-likeness (QED) is 0.121. The van der Waals surface area contributed by atoms with Crippen molar-refractivity contribution < 1.29 is 23.3 Å². The van der Waals surface area contributed by atoms with E-state index in [1.54, 1.807) is 5.56 Å². The number of aryl methyl sites for hydroxylation is 1. The third-order valence-electron chi connectivity index (χ3n) is 9.27. The van der Waals surface area contributed by atoms with Gasteiger partial charge in [0, 0.05) is 0 Å². The van der Waals surface area contributed by atoms with Crippen molar-refractivity contribution >= 4 is 53.2 Å². The molecule has 1 aliphatic rings. The van der Waals surface area contributed by atoms with Gasteiger partial charge in [-0.05, 0) is 52.8 Å². The number of hydrogen-bond acceptors (Lipinski definition) is 0. The number of hydrogen-bond donors (Lipinski definition) is 0. The molecule has 254 valence electrons. The van der Waals surface area contributed by atoms with Gasteiger partial charge < -0.3 is 14.9 Å². The average Bonchev–Trinajstić information content (AvgIpc) is 3.81. The standard InChI is InChI=1S/C23H25.C19H19.2CH3.2ClH.Si.Zr/c1-16(2)17-10-12-19(13-11-17)22-9-5-8-20-14-21(15-23(20)22)18-6-3-4-7-18;1-13(2)15-7-9-16(10-8-15)18-6-4-5-17-11-14(3)12-19(17)18;;;;;;/h5,8-16,18H,3-4,6-7H2,1-2H3;4-13H,1-3H3;2*1H3;2*1H;;/q4*-1;;;;. The summed E-state index contributed by atoms with van der Waals surface area (Å²) < 4.78 is 0. The summed E-state index contributed by atoms with van der Waals surface area (Å²) in [5, 5.41) is 5.52. The summed E-state index contributed by atoms with van der Waals surface area (Å²) in [5.74, 6) is 1.97. The molecule has 0 nitrogen and oxygen atoms in total. The summed E-state index contributed by atoms with van der Waals surface area (Å²) in [4.78, 5) is 0. The fraction of sp³-hybridized carbons (Fsp3) is 0.273. The van der Waals surface area contributed by atoms with E-state index in [4.69, 9.17) is 0 Å². The monoisotopic (exact) mass is 768 g/mol. The van der Waals surface area contributed by atoms with E-state index in [0.717, 1.165) is 5.92 Å². The second-order valence-electron chi connectivity index (χ2n) is 13.0. The topological polar surface area (TPSA) is 0 Å². The molecule has 1 aliphatic carbocycles. The van der Waals surface area contributed by atoms with E-state index >= 15 is 0 Å². The van der Waals surface area contributed by atoms with Gasteiger partial charge in [0.1, 0.15) is 0 Å². The zero-order chi connectivity index (χ0) is 31.2. The number of rotatable bonds is 5. The molecule has 0 aliphatic heterocycles. The van der Waals surface area contributed by atoms with Crippen molar-refractivity contribution in [2.45, 2.75) is 78.1 Å². The molecule has 0 unspecified atom stereocenters. The van der Waals surface area contributed by atoms with Gasteiger partial charge in [-0.3, -0.25) is 0 Å². The Hall–Kier alpha value is -2.22. The zero-order valence-electron chi connectivity index (χ0n) is 29.8. The number of benzene rings is 4. The van der Waals surface area contributed by atoms with Crippen LogP contribution in [0.25, 0.3) is 43.8 Å². The van der Waals surface area contributed by atoms with Crippen molar-refractivity contribution in [2.75, 3.05) is 0 Å². The molecule has 6 aromatic rings. The van der Waals surface area contributed by atoms with Crippen LogP contribution < -0.4 is 0 Å². The van der Waals surface area contributed by atoms with E-state index in [-0.39, 0.29) is 39.7 Å². The Labute approximate surface area is 320 Å². The molecule has 2 radical (unpaired) electrons. The van der Waals surface area contributed by atoms with Gasteiger partial charge in [-0.25, -0.2) is 0 Å². The summed E-state index contributed by atoms with van der Waals surface area (Å²) in [6, 6.07) is 40.8. The minimum absolute atomic E-state index is 0. The van der Waals surface area contributed by atoms with Gasteiger partial charge in [0.05, 0.1) is 0 Å². The molecule has 0 amide bonds. The molecule has 0 spiro atoms. The Morgan fingerprint density at radius 2 is 1.02 bits per heavy atom. The van der Waals surface area contributed by atoms with Crippen molar-refractivity contribution in [1.82, 2.24) is 0 Å². The van der Waals surface area contributed by atoms with Crippen LogP contribution in [0, 0.1) is 21.8 Å². The Morgan fingerprint density at radius 1 is 0.604 bits per heavy atom. The van der Waals surface area contributed by atoms with Gasteiger partial charge in [-0.2, -0.15) is 12.1 Å². The van der Waals surface area contributed by atoms with Gasteiger partial charge in [-0.1, -0.05) is 119 Å². The zero-order valence-corrected chi connectivity index (χ0v) is 34.9. The van der Waals surface area contributed by atoms with E-state index < -0.39 is 0 Å². The van der Waals surface area contributed by atoms with E-state index in [1.807, 2.05) is 0 Å². The van der Waals surface area contributed by atoms with Crippen LogP contribution >= 0.6 is 24.8 Å². The average molecular weight is 771 g/mol. The van der Waals surface area contributed by atoms with Crippen LogP contribution in [0.3, 0.4) is 0 Å². The first-order chi connectivity index (χ1) is 21.4. The molecule has 0 N–H and O–H groups in total. The summed E-state index contributed by atoms with van der Waals surface area (Å²) in [5.41, 5.74) is 11.1. The Kier molecular flexibility index (Phi) is 18.7. The van der Waals surface area contributed by atoms with Crippen molar-refractivity contribution in [3.05, 3.63) is 146 Å². The third-order valence-corrected chi connectivity index (χ3v) is 9.27. The molecule has 0 saturated heterocycles. The normalized spacial score (nSPS) is 12.1. The van der Waals surface area contributed by atoms with Crippen molar-refractivity contribution in [3.8, 4) is 22.3 Å². The summed E-state index contributed by atoms with van der Waals surface area (Å²) >= 11 is 1.36. The molecule has 6 aromatic carbocycles. The predicted molar refractivity (Wildman–Crippen MR) is 217 cm³/mol. The van der Waals surface area contributed by atoms with E-state index in [1.165, 1.54) is 110 Å².